The van der Waals surface area contributed by atoms with Crippen molar-refractivity contribution in [1.29, 1.82) is 0 Å². The van der Waals surface area contributed by atoms with Crippen LogP contribution in [-0.4, -0.2) is 78.2 Å². The molecule has 0 aromatic heterocycles. The Morgan fingerprint density at radius 3 is 2.45 bits per heavy atom. The summed E-state index contributed by atoms with van der Waals surface area (Å²) in [5.41, 5.74) is -3.65. The highest BCUT2D eigenvalue weighted by atomic mass is 32.2. The number of aliphatic hydroxyl groups excluding tert-OH is 1. The van der Waals surface area contributed by atoms with Gasteiger partial charge in [-0.15, -0.1) is 0 Å². The summed E-state index contributed by atoms with van der Waals surface area (Å²) in [6.45, 7) is 4.20. The molecule has 1 aromatic rings. The zero-order valence-corrected chi connectivity index (χ0v) is 25.1. The number of nitrogens with zero attached hydrogens (tertiary/aromatic N) is 3. The van der Waals surface area contributed by atoms with Crippen molar-refractivity contribution in [2.45, 2.75) is 57.3 Å². The molecular weight excluding hydrogens is 604 g/mol. The molecule has 0 bridgehead atoms. The third-order valence-electron chi connectivity index (χ3n) is 9.04. The SMILES string of the molecule is CC1=CC=CC(C)(C(=O)N2CCC(O)CC2)C1C=CS(=O)(=O)N1CCC2(CC1)N=C(c1cccc(C(F)(F)F)c1F)NC2=O. The van der Waals surface area contributed by atoms with Crippen LogP contribution in [0.2, 0.25) is 0 Å². The van der Waals surface area contributed by atoms with E-state index in [1.165, 1.54) is 10.4 Å². The average molecular weight is 639 g/mol. The molecule has 0 radical (unpaired) electrons. The number of carbonyl (C=O) groups is 2. The quantitative estimate of drug-likeness (QED) is 0.479. The Morgan fingerprint density at radius 1 is 1.16 bits per heavy atom. The molecule has 2 fully saturated rings. The first-order chi connectivity index (χ1) is 20.6. The van der Waals surface area contributed by atoms with Gasteiger partial charge in [-0.2, -0.15) is 17.5 Å². The molecule has 2 N–H and O–H groups in total. The van der Waals surface area contributed by atoms with E-state index in [1.807, 2.05) is 13.0 Å². The van der Waals surface area contributed by atoms with Crippen molar-refractivity contribution >= 4 is 27.7 Å². The number of hydrogen-bond acceptors (Lipinski definition) is 6. The average Bonchev–Trinajstić information content (AvgIpc) is 3.27. The normalized spacial score (nSPS) is 26.7. The Hall–Kier alpha value is -3.36. The highest BCUT2D eigenvalue weighted by Crippen LogP contribution is 2.41. The zero-order valence-electron chi connectivity index (χ0n) is 24.3. The van der Waals surface area contributed by atoms with Crippen LogP contribution < -0.4 is 5.32 Å². The molecule has 2 amide bonds. The number of rotatable bonds is 5. The Morgan fingerprint density at radius 2 is 1.82 bits per heavy atom. The van der Waals surface area contributed by atoms with E-state index in [1.54, 1.807) is 24.0 Å². The maximum absolute atomic E-state index is 14.7. The van der Waals surface area contributed by atoms with Crippen LogP contribution in [0.1, 0.15) is 50.7 Å². The molecular formula is C30H34F4N4O5S. The topological polar surface area (TPSA) is 119 Å². The molecule has 1 spiro atoms. The van der Waals surface area contributed by atoms with Crippen LogP contribution in [-0.2, 0) is 25.8 Å². The number of sulfonamides is 1. The Kier molecular flexibility index (Phi) is 8.40. The van der Waals surface area contributed by atoms with Gasteiger partial charge in [0.2, 0.25) is 15.9 Å². The molecule has 5 rings (SSSR count). The van der Waals surface area contributed by atoms with Crippen molar-refractivity contribution in [3.63, 3.8) is 0 Å². The molecule has 44 heavy (non-hydrogen) atoms. The van der Waals surface area contributed by atoms with E-state index in [4.69, 9.17) is 0 Å². The van der Waals surface area contributed by atoms with Gasteiger partial charge in [0.1, 0.15) is 17.2 Å². The van der Waals surface area contributed by atoms with Gasteiger partial charge < -0.3 is 15.3 Å². The van der Waals surface area contributed by atoms with Crippen LogP contribution in [0.3, 0.4) is 0 Å². The Bertz CT molecular complexity index is 1570. The highest BCUT2D eigenvalue weighted by molar-refractivity contribution is 7.92. The van der Waals surface area contributed by atoms with Crippen molar-refractivity contribution in [3.8, 4) is 0 Å². The summed E-state index contributed by atoms with van der Waals surface area (Å²) in [7, 11) is -3.99. The fraction of sp³-hybridized carbons (Fsp3) is 0.500. The van der Waals surface area contributed by atoms with Gasteiger partial charge in [0.15, 0.2) is 0 Å². The van der Waals surface area contributed by atoms with Crippen LogP contribution in [0.5, 0.6) is 0 Å². The second kappa shape index (κ2) is 11.5. The number of aliphatic hydroxyl groups is 1. The number of carbonyl (C=O) groups excluding carboxylic acids is 2. The minimum atomic E-state index is -4.93. The summed E-state index contributed by atoms with van der Waals surface area (Å²) in [6.07, 6.45) is 2.32. The lowest BCUT2D eigenvalue weighted by Crippen LogP contribution is -2.50. The van der Waals surface area contributed by atoms with Crippen molar-refractivity contribution in [2.24, 2.45) is 16.3 Å². The van der Waals surface area contributed by atoms with Crippen LogP contribution in [0, 0.1) is 17.2 Å². The van der Waals surface area contributed by atoms with E-state index in [2.05, 4.69) is 10.3 Å². The van der Waals surface area contributed by atoms with Gasteiger partial charge in [0, 0.05) is 37.5 Å². The van der Waals surface area contributed by atoms with Gasteiger partial charge in [0.25, 0.3) is 5.91 Å². The first-order valence-corrected chi connectivity index (χ1v) is 15.9. The molecule has 14 heteroatoms. The second-order valence-electron chi connectivity index (χ2n) is 11.9. The smallest absolute Gasteiger partial charge is 0.393 e. The van der Waals surface area contributed by atoms with Gasteiger partial charge in [-0.1, -0.05) is 35.9 Å². The molecule has 2 atom stereocenters. The molecule has 0 saturated carbocycles. The molecule has 1 aliphatic carbocycles. The summed E-state index contributed by atoms with van der Waals surface area (Å²) in [5, 5.41) is 13.3. The number of amidine groups is 1. The van der Waals surface area contributed by atoms with Gasteiger partial charge in [-0.25, -0.2) is 12.8 Å². The number of alkyl halides is 3. The number of aliphatic imine (C=N–C) groups is 1. The Labute approximate surface area is 253 Å². The number of nitrogens with one attached hydrogen (secondary N) is 1. The fourth-order valence-electron chi connectivity index (χ4n) is 6.34. The van der Waals surface area contributed by atoms with Gasteiger partial charge in [0.05, 0.1) is 22.6 Å². The van der Waals surface area contributed by atoms with E-state index < -0.39 is 62.0 Å². The molecule has 3 heterocycles. The van der Waals surface area contributed by atoms with Crippen molar-refractivity contribution in [1.82, 2.24) is 14.5 Å². The summed E-state index contributed by atoms with van der Waals surface area (Å²) < 4.78 is 82.3. The maximum Gasteiger partial charge on any atom is 0.419 e. The number of halogens is 4. The standard InChI is InChI=1S/C30H34F4N4O5S/c1-19-5-4-11-28(2,27(41)37-14-8-20(39)9-15-37)22(19)10-18-44(42,43)38-16-12-29(13-17-38)26(40)35-25(36-29)21-6-3-7-23(24(21)31)30(32,33)34/h3-7,10-11,18,20,22,39H,8-9,12-17H2,1-2H3,(H,35,36,40). The molecule has 4 aliphatic rings. The summed E-state index contributed by atoms with van der Waals surface area (Å²) >= 11 is 0. The first kappa shape index (κ1) is 32.0. The van der Waals surface area contributed by atoms with Crippen molar-refractivity contribution in [2.75, 3.05) is 26.2 Å². The number of benzene rings is 1. The van der Waals surface area contributed by atoms with E-state index in [-0.39, 0.29) is 37.7 Å². The van der Waals surface area contributed by atoms with Crippen molar-refractivity contribution in [3.05, 3.63) is 70.4 Å². The first-order valence-electron chi connectivity index (χ1n) is 14.4. The number of likely N-dealkylation sites (tertiary alicyclic amines) is 1. The predicted molar refractivity (Wildman–Crippen MR) is 154 cm³/mol. The molecule has 1 aromatic carbocycles. The highest BCUT2D eigenvalue weighted by Gasteiger charge is 2.49. The molecule has 2 saturated heterocycles. The lowest BCUT2D eigenvalue weighted by atomic mass is 9.69. The largest absolute Gasteiger partial charge is 0.419 e. The second-order valence-corrected chi connectivity index (χ2v) is 13.8. The monoisotopic (exact) mass is 638 g/mol. The van der Waals surface area contributed by atoms with E-state index in [0.29, 0.717) is 32.0 Å². The molecule has 3 aliphatic heterocycles. The van der Waals surface area contributed by atoms with Crippen LogP contribution in [0.25, 0.3) is 0 Å². The van der Waals surface area contributed by atoms with E-state index in [9.17, 15) is 40.7 Å². The third kappa shape index (κ3) is 5.86. The van der Waals surface area contributed by atoms with Crippen LogP contribution in [0.4, 0.5) is 17.6 Å². The molecule has 2 unspecified atom stereocenters. The Balaban J connectivity index is 1.31. The van der Waals surface area contributed by atoms with Crippen LogP contribution >= 0.6 is 0 Å². The zero-order chi connectivity index (χ0) is 32.1. The molecule has 238 valence electrons. The number of hydrogen-bond donors (Lipinski definition) is 2. The minimum absolute atomic E-state index is 0.0574. The van der Waals surface area contributed by atoms with Gasteiger partial charge >= 0.3 is 6.18 Å². The summed E-state index contributed by atoms with van der Waals surface area (Å²) in [4.78, 5) is 32.5. The minimum Gasteiger partial charge on any atom is -0.393 e. The third-order valence-corrected chi connectivity index (χ3v) is 10.6. The van der Waals surface area contributed by atoms with Gasteiger partial charge in [-0.05, 0) is 51.7 Å². The number of allylic oxidation sites excluding steroid dienone is 4. The fourth-order valence-corrected chi connectivity index (χ4v) is 7.56. The van der Waals surface area contributed by atoms with Crippen LogP contribution in [0.15, 0.2) is 58.5 Å². The van der Waals surface area contributed by atoms with E-state index in [0.717, 1.165) is 23.1 Å². The number of piperidine rings is 2. The van der Waals surface area contributed by atoms with Crippen molar-refractivity contribution < 1.29 is 40.7 Å². The lowest BCUT2D eigenvalue weighted by Gasteiger charge is -2.41. The molecule has 9 nitrogen and oxygen atoms in total. The summed E-state index contributed by atoms with van der Waals surface area (Å²) in [6, 6.07) is 2.72. The maximum atomic E-state index is 14.7. The lowest BCUT2D eigenvalue weighted by molar-refractivity contribution is -0.142. The van der Waals surface area contributed by atoms with Gasteiger partial charge in [-0.3, -0.25) is 14.6 Å². The number of amides is 2. The predicted octanol–water partition coefficient (Wildman–Crippen LogP) is 3.52. The summed E-state index contributed by atoms with van der Waals surface area (Å²) in [5.74, 6) is -3.21. The van der Waals surface area contributed by atoms with E-state index >= 15 is 0 Å².